The molecule has 0 aliphatic rings. The molecule has 14 heavy (non-hydrogen) atoms. The molecule has 0 spiro atoms. The SMILES string of the molecule is Cc1c([N+](=O)[O-])cnc(C(F)F)c1Br. The molecule has 0 atom stereocenters. The molecule has 4 nitrogen and oxygen atoms in total. The predicted octanol–water partition coefficient (Wildman–Crippen LogP) is 3.00. The zero-order chi connectivity index (χ0) is 10.9. The van der Waals surface area contributed by atoms with Gasteiger partial charge in [-0.25, -0.2) is 13.8 Å². The predicted molar refractivity (Wildman–Crippen MR) is 48.3 cm³/mol. The molecule has 1 heterocycles. The number of aromatic nitrogens is 1. The molecule has 0 aromatic carbocycles. The average Bonchev–Trinajstić information content (AvgIpc) is 2.08. The summed E-state index contributed by atoms with van der Waals surface area (Å²) in [4.78, 5) is 13.1. The number of nitrogens with zero attached hydrogens (tertiary/aromatic N) is 2. The monoisotopic (exact) mass is 266 g/mol. The number of halogens is 3. The van der Waals surface area contributed by atoms with Crippen LogP contribution < -0.4 is 0 Å². The van der Waals surface area contributed by atoms with Crippen LogP contribution in [0.15, 0.2) is 10.7 Å². The van der Waals surface area contributed by atoms with Gasteiger partial charge in [0.25, 0.3) is 12.1 Å². The summed E-state index contributed by atoms with van der Waals surface area (Å²) in [6.07, 6.45) is -1.91. The van der Waals surface area contributed by atoms with Gasteiger partial charge in [0, 0.05) is 5.56 Å². The fourth-order valence-electron chi connectivity index (χ4n) is 0.925. The molecular weight excluding hydrogens is 262 g/mol. The Bertz CT molecular complexity index is 384. The fourth-order valence-corrected chi connectivity index (χ4v) is 1.40. The number of hydrogen-bond acceptors (Lipinski definition) is 3. The molecule has 0 aliphatic heterocycles. The van der Waals surface area contributed by atoms with E-state index in [4.69, 9.17) is 0 Å². The standard InChI is InChI=1S/C7H5BrF2N2O2/c1-3-4(12(13)14)2-11-6(5(3)8)7(9)10/h2,7H,1H3. The molecular formula is C7H5BrF2N2O2. The van der Waals surface area contributed by atoms with Crippen molar-refractivity contribution >= 4 is 21.6 Å². The molecule has 0 aliphatic carbocycles. The topological polar surface area (TPSA) is 56.0 Å². The van der Waals surface area contributed by atoms with Gasteiger partial charge in [0.05, 0.1) is 9.40 Å². The Morgan fingerprint density at radius 1 is 1.64 bits per heavy atom. The Kier molecular flexibility index (Phi) is 3.10. The van der Waals surface area contributed by atoms with Crippen LogP contribution in [-0.2, 0) is 0 Å². The van der Waals surface area contributed by atoms with Crippen molar-refractivity contribution in [1.82, 2.24) is 4.98 Å². The first-order valence-corrected chi connectivity index (χ1v) is 4.32. The van der Waals surface area contributed by atoms with Crippen molar-refractivity contribution in [1.29, 1.82) is 0 Å². The smallest absolute Gasteiger partial charge is 0.258 e. The summed E-state index contributed by atoms with van der Waals surface area (Å²) in [5.41, 5.74) is -0.602. The van der Waals surface area contributed by atoms with Gasteiger partial charge in [0.15, 0.2) is 0 Å². The van der Waals surface area contributed by atoms with E-state index in [0.717, 1.165) is 6.20 Å². The van der Waals surface area contributed by atoms with Crippen molar-refractivity contribution in [2.24, 2.45) is 0 Å². The normalized spacial score (nSPS) is 10.6. The first-order chi connectivity index (χ1) is 6.45. The number of pyridine rings is 1. The van der Waals surface area contributed by atoms with Gasteiger partial charge in [-0.1, -0.05) is 0 Å². The number of rotatable bonds is 2. The highest BCUT2D eigenvalue weighted by Crippen LogP contribution is 2.32. The van der Waals surface area contributed by atoms with Gasteiger partial charge >= 0.3 is 0 Å². The molecule has 0 radical (unpaired) electrons. The lowest BCUT2D eigenvalue weighted by Gasteiger charge is -2.04. The van der Waals surface area contributed by atoms with E-state index in [1.165, 1.54) is 6.92 Å². The molecule has 1 rings (SSSR count). The Balaban J connectivity index is 3.33. The third-order valence-corrected chi connectivity index (χ3v) is 2.67. The molecule has 1 aromatic heterocycles. The average molecular weight is 267 g/mol. The molecule has 0 saturated carbocycles. The van der Waals surface area contributed by atoms with Crippen LogP contribution in [0.25, 0.3) is 0 Å². The molecule has 0 unspecified atom stereocenters. The largest absolute Gasteiger partial charge is 0.291 e. The molecule has 76 valence electrons. The second kappa shape index (κ2) is 3.95. The first kappa shape index (κ1) is 11.0. The summed E-state index contributed by atoms with van der Waals surface area (Å²) in [5, 5.41) is 10.4. The third kappa shape index (κ3) is 1.87. The molecule has 1 aromatic rings. The van der Waals surface area contributed by atoms with Crippen LogP contribution in [0.5, 0.6) is 0 Å². The van der Waals surface area contributed by atoms with E-state index < -0.39 is 17.0 Å². The van der Waals surface area contributed by atoms with Crippen LogP contribution >= 0.6 is 15.9 Å². The molecule has 0 bridgehead atoms. The molecule has 0 fully saturated rings. The second-order valence-electron chi connectivity index (χ2n) is 2.53. The van der Waals surface area contributed by atoms with Crippen LogP contribution in [0.3, 0.4) is 0 Å². The fraction of sp³-hybridized carbons (Fsp3) is 0.286. The van der Waals surface area contributed by atoms with E-state index in [2.05, 4.69) is 20.9 Å². The van der Waals surface area contributed by atoms with E-state index >= 15 is 0 Å². The van der Waals surface area contributed by atoms with Crippen molar-refractivity contribution in [2.75, 3.05) is 0 Å². The quantitative estimate of drug-likeness (QED) is 0.611. The molecule has 0 amide bonds. The van der Waals surface area contributed by atoms with E-state index in [1.807, 2.05) is 0 Å². The highest BCUT2D eigenvalue weighted by molar-refractivity contribution is 9.10. The summed E-state index contributed by atoms with van der Waals surface area (Å²) in [7, 11) is 0. The minimum atomic E-state index is -2.75. The van der Waals surface area contributed by atoms with Gasteiger partial charge < -0.3 is 0 Å². The maximum Gasteiger partial charge on any atom is 0.291 e. The third-order valence-electron chi connectivity index (χ3n) is 1.67. The van der Waals surface area contributed by atoms with Gasteiger partial charge in [-0.2, -0.15) is 0 Å². The van der Waals surface area contributed by atoms with Crippen LogP contribution in [0.4, 0.5) is 14.5 Å². The van der Waals surface area contributed by atoms with Gasteiger partial charge in [0.1, 0.15) is 11.9 Å². The maximum absolute atomic E-state index is 12.3. The maximum atomic E-state index is 12.3. The van der Waals surface area contributed by atoms with E-state index in [1.54, 1.807) is 0 Å². The van der Waals surface area contributed by atoms with Crippen LogP contribution in [0.1, 0.15) is 17.7 Å². The highest BCUT2D eigenvalue weighted by Gasteiger charge is 2.21. The summed E-state index contributed by atoms with van der Waals surface area (Å²) >= 11 is 2.85. The Hall–Kier alpha value is -1.11. The Labute approximate surface area is 86.2 Å². The van der Waals surface area contributed by atoms with Crippen LogP contribution in [0, 0.1) is 17.0 Å². The van der Waals surface area contributed by atoms with Crippen LogP contribution in [0.2, 0.25) is 0 Å². The second-order valence-corrected chi connectivity index (χ2v) is 3.32. The Morgan fingerprint density at radius 3 is 2.64 bits per heavy atom. The first-order valence-electron chi connectivity index (χ1n) is 3.52. The number of hydrogen-bond donors (Lipinski definition) is 0. The van der Waals surface area contributed by atoms with Crippen molar-refractivity contribution in [3.8, 4) is 0 Å². The van der Waals surface area contributed by atoms with E-state index in [9.17, 15) is 18.9 Å². The Morgan fingerprint density at radius 2 is 2.21 bits per heavy atom. The highest BCUT2D eigenvalue weighted by atomic mass is 79.9. The van der Waals surface area contributed by atoms with Crippen molar-refractivity contribution in [3.63, 3.8) is 0 Å². The van der Waals surface area contributed by atoms with Gasteiger partial charge in [-0.3, -0.25) is 10.1 Å². The molecule has 0 N–H and O–H groups in total. The number of alkyl halides is 2. The summed E-state index contributed by atoms with van der Waals surface area (Å²) in [6.45, 7) is 1.38. The van der Waals surface area contributed by atoms with Gasteiger partial charge in [-0.15, -0.1) is 0 Å². The minimum absolute atomic E-state index is 0.0123. The summed E-state index contributed by atoms with van der Waals surface area (Å²) in [6, 6.07) is 0. The molecule has 0 saturated heterocycles. The lowest BCUT2D eigenvalue weighted by molar-refractivity contribution is -0.385. The van der Waals surface area contributed by atoms with Crippen molar-refractivity contribution in [2.45, 2.75) is 13.3 Å². The van der Waals surface area contributed by atoms with Gasteiger partial charge in [0.2, 0.25) is 0 Å². The minimum Gasteiger partial charge on any atom is -0.258 e. The number of nitro groups is 1. The van der Waals surface area contributed by atoms with E-state index in [-0.39, 0.29) is 15.7 Å². The molecule has 7 heteroatoms. The lowest BCUT2D eigenvalue weighted by Crippen LogP contribution is -1.99. The van der Waals surface area contributed by atoms with Crippen molar-refractivity contribution < 1.29 is 13.7 Å². The zero-order valence-electron chi connectivity index (χ0n) is 7.00. The summed E-state index contributed by atoms with van der Waals surface area (Å²) in [5.74, 6) is 0. The van der Waals surface area contributed by atoms with E-state index in [0.29, 0.717) is 0 Å². The van der Waals surface area contributed by atoms with Crippen molar-refractivity contribution in [3.05, 3.63) is 32.0 Å². The summed E-state index contributed by atoms with van der Waals surface area (Å²) < 4.78 is 24.5. The zero-order valence-corrected chi connectivity index (χ0v) is 8.59. The lowest BCUT2D eigenvalue weighted by atomic mass is 10.2. The van der Waals surface area contributed by atoms with Gasteiger partial charge in [-0.05, 0) is 22.9 Å². The van der Waals surface area contributed by atoms with Crippen LogP contribution in [-0.4, -0.2) is 9.91 Å².